The van der Waals surface area contributed by atoms with Crippen LogP contribution >= 0.6 is 0 Å². The van der Waals surface area contributed by atoms with Crippen molar-refractivity contribution in [1.82, 2.24) is 20.7 Å². The van der Waals surface area contributed by atoms with E-state index in [0.717, 1.165) is 62.7 Å². The first-order valence-corrected chi connectivity index (χ1v) is 10.8. The fourth-order valence-electron chi connectivity index (χ4n) is 3.49. The van der Waals surface area contributed by atoms with Gasteiger partial charge in [-0.05, 0) is 38.5 Å². The number of aromatic nitrogens is 1. The second-order valence-corrected chi connectivity index (χ2v) is 7.83. The number of nitrogens with zero attached hydrogens (tertiary/aromatic N) is 3. The molecule has 0 radical (unpaired) electrons. The summed E-state index contributed by atoms with van der Waals surface area (Å²) in [7, 11) is 0. The molecule has 1 fully saturated rings. The normalized spacial score (nSPS) is 16.1. The highest BCUT2D eigenvalue weighted by molar-refractivity contribution is 5.80. The fourth-order valence-corrected chi connectivity index (χ4v) is 3.49. The van der Waals surface area contributed by atoms with Crippen LogP contribution in [0.4, 0.5) is 0 Å². The van der Waals surface area contributed by atoms with Crippen molar-refractivity contribution < 1.29 is 9.32 Å². The Labute approximate surface area is 169 Å². The molecule has 1 amide bonds. The lowest BCUT2D eigenvalue weighted by atomic mass is 9.98. The third-order valence-corrected chi connectivity index (χ3v) is 5.39. The van der Waals surface area contributed by atoms with Gasteiger partial charge in [0.2, 0.25) is 5.91 Å². The van der Waals surface area contributed by atoms with E-state index in [0.29, 0.717) is 24.4 Å². The van der Waals surface area contributed by atoms with Crippen LogP contribution in [0.25, 0.3) is 0 Å². The van der Waals surface area contributed by atoms with Crippen molar-refractivity contribution in [1.29, 1.82) is 0 Å². The second-order valence-electron chi connectivity index (χ2n) is 7.83. The Balaban J connectivity index is 1.88. The van der Waals surface area contributed by atoms with Crippen molar-refractivity contribution in [3.05, 3.63) is 17.5 Å². The standard InChI is InChI=1S/C21H37N5O2/c1-6-16(7-2)20(27)26-11-9-17(10-12-26)24-21(22-8-3)23-14-18-13-19(15(4)5)25-28-18/h13,15-17H,6-12,14H2,1-5H3,(H2,22,23,24). The number of aliphatic imine (C=N–C) groups is 1. The molecule has 2 N–H and O–H groups in total. The van der Waals surface area contributed by atoms with Gasteiger partial charge in [0.15, 0.2) is 11.7 Å². The van der Waals surface area contributed by atoms with Gasteiger partial charge in [0.1, 0.15) is 6.54 Å². The van der Waals surface area contributed by atoms with Crippen molar-refractivity contribution in [2.75, 3.05) is 19.6 Å². The van der Waals surface area contributed by atoms with E-state index in [9.17, 15) is 4.79 Å². The van der Waals surface area contributed by atoms with Crippen molar-refractivity contribution in [3.63, 3.8) is 0 Å². The molecule has 0 unspecified atom stereocenters. The average Bonchev–Trinajstić information content (AvgIpc) is 3.17. The lowest BCUT2D eigenvalue weighted by Crippen LogP contribution is -2.50. The topological polar surface area (TPSA) is 82.8 Å². The van der Waals surface area contributed by atoms with Crippen LogP contribution in [0.15, 0.2) is 15.6 Å². The molecule has 1 aromatic rings. The summed E-state index contributed by atoms with van der Waals surface area (Å²) in [4.78, 5) is 19.2. The predicted molar refractivity (Wildman–Crippen MR) is 112 cm³/mol. The van der Waals surface area contributed by atoms with Crippen molar-refractivity contribution in [2.24, 2.45) is 10.9 Å². The number of carbonyl (C=O) groups excluding carboxylic acids is 1. The SMILES string of the molecule is CCNC(=NCc1cc(C(C)C)no1)NC1CCN(C(=O)C(CC)CC)CC1. The lowest BCUT2D eigenvalue weighted by molar-refractivity contribution is -0.136. The van der Waals surface area contributed by atoms with E-state index in [1.54, 1.807) is 0 Å². The summed E-state index contributed by atoms with van der Waals surface area (Å²) in [6.07, 6.45) is 3.72. The first-order valence-electron chi connectivity index (χ1n) is 10.8. The number of likely N-dealkylation sites (tertiary alicyclic amines) is 1. The lowest BCUT2D eigenvalue weighted by Gasteiger charge is -2.34. The van der Waals surface area contributed by atoms with Crippen LogP contribution in [0.1, 0.15) is 77.7 Å². The summed E-state index contributed by atoms with van der Waals surface area (Å²) < 4.78 is 5.37. The Morgan fingerprint density at radius 1 is 1.29 bits per heavy atom. The van der Waals surface area contributed by atoms with Crippen molar-refractivity contribution >= 4 is 11.9 Å². The molecule has 2 heterocycles. The molecule has 0 aromatic carbocycles. The summed E-state index contributed by atoms with van der Waals surface area (Å²) in [5.41, 5.74) is 0.956. The summed E-state index contributed by atoms with van der Waals surface area (Å²) >= 11 is 0. The van der Waals surface area contributed by atoms with Gasteiger partial charge in [0, 0.05) is 37.7 Å². The molecule has 2 rings (SSSR count). The van der Waals surface area contributed by atoms with Crippen LogP contribution in [-0.2, 0) is 11.3 Å². The first-order chi connectivity index (χ1) is 13.5. The zero-order valence-corrected chi connectivity index (χ0v) is 18.1. The molecule has 0 bridgehead atoms. The molecule has 1 saturated heterocycles. The zero-order chi connectivity index (χ0) is 20.5. The number of rotatable bonds is 8. The van der Waals surface area contributed by atoms with E-state index in [2.05, 4.69) is 55.4 Å². The number of piperidine rings is 1. The molecule has 158 valence electrons. The van der Waals surface area contributed by atoms with Gasteiger partial charge in [-0.25, -0.2) is 4.99 Å². The maximum absolute atomic E-state index is 12.6. The molecular weight excluding hydrogens is 354 g/mol. The smallest absolute Gasteiger partial charge is 0.225 e. The molecule has 0 saturated carbocycles. The van der Waals surface area contributed by atoms with E-state index in [4.69, 9.17) is 4.52 Å². The molecule has 0 spiro atoms. The largest absolute Gasteiger partial charge is 0.359 e. The zero-order valence-electron chi connectivity index (χ0n) is 18.1. The summed E-state index contributed by atoms with van der Waals surface area (Å²) in [5, 5.41) is 10.9. The highest BCUT2D eigenvalue weighted by atomic mass is 16.5. The molecule has 0 atom stereocenters. The summed E-state index contributed by atoms with van der Waals surface area (Å²) in [5.74, 6) is 2.39. The molecule has 1 aromatic heterocycles. The number of hydrogen-bond acceptors (Lipinski definition) is 4. The Morgan fingerprint density at radius 3 is 2.50 bits per heavy atom. The third-order valence-electron chi connectivity index (χ3n) is 5.39. The minimum atomic E-state index is 0.168. The monoisotopic (exact) mass is 391 g/mol. The van der Waals surface area contributed by atoms with Crippen LogP contribution < -0.4 is 10.6 Å². The highest BCUT2D eigenvalue weighted by Gasteiger charge is 2.26. The van der Waals surface area contributed by atoms with Crippen LogP contribution in [0.2, 0.25) is 0 Å². The molecule has 7 heteroatoms. The number of amides is 1. The van der Waals surface area contributed by atoms with Crippen molar-refractivity contribution in [3.8, 4) is 0 Å². The van der Waals surface area contributed by atoms with E-state index in [1.165, 1.54) is 0 Å². The predicted octanol–water partition coefficient (Wildman–Crippen LogP) is 3.28. The summed E-state index contributed by atoms with van der Waals surface area (Å²) in [6.45, 7) is 13.3. The van der Waals surface area contributed by atoms with Gasteiger partial charge in [-0.1, -0.05) is 32.9 Å². The van der Waals surface area contributed by atoms with E-state index in [1.807, 2.05) is 11.0 Å². The van der Waals surface area contributed by atoms with Gasteiger partial charge in [-0.3, -0.25) is 4.79 Å². The number of guanidine groups is 1. The van der Waals surface area contributed by atoms with Gasteiger partial charge in [-0.2, -0.15) is 0 Å². The Morgan fingerprint density at radius 2 is 1.96 bits per heavy atom. The fraction of sp³-hybridized carbons (Fsp3) is 0.762. The van der Waals surface area contributed by atoms with E-state index >= 15 is 0 Å². The molecule has 1 aliphatic rings. The molecular formula is C21H37N5O2. The molecule has 28 heavy (non-hydrogen) atoms. The molecule has 1 aliphatic heterocycles. The number of nitrogens with one attached hydrogen (secondary N) is 2. The minimum absolute atomic E-state index is 0.168. The number of carbonyl (C=O) groups is 1. The van der Waals surface area contributed by atoms with Gasteiger partial charge < -0.3 is 20.1 Å². The van der Waals surface area contributed by atoms with Gasteiger partial charge in [-0.15, -0.1) is 0 Å². The second kappa shape index (κ2) is 11.1. The quantitative estimate of drug-likeness (QED) is 0.525. The van der Waals surface area contributed by atoms with Crippen LogP contribution in [0.5, 0.6) is 0 Å². The third kappa shape index (κ3) is 6.24. The Kier molecular flexibility index (Phi) is 8.80. The van der Waals surface area contributed by atoms with Gasteiger partial charge in [0.25, 0.3) is 0 Å². The van der Waals surface area contributed by atoms with Gasteiger partial charge >= 0.3 is 0 Å². The van der Waals surface area contributed by atoms with E-state index in [-0.39, 0.29) is 5.92 Å². The van der Waals surface area contributed by atoms with E-state index < -0.39 is 0 Å². The summed E-state index contributed by atoms with van der Waals surface area (Å²) in [6, 6.07) is 2.30. The van der Waals surface area contributed by atoms with Crippen LogP contribution in [0.3, 0.4) is 0 Å². The Hall–Kier alpha value is -2.05. The maximum Gasteiger partial charge on any atom is 0.225 e. The average molecular weight is 392 g/mol. The highest BCUT2D eigenvalue weighted by Crippen LogP contribution is 2.18. The molecule has 0 aliphatic carbocycles. The molecule has 7 nitrogen and oxygen atoms in total. The van der Waals surface area contributed by atoms with Crippen molar-refractivity contribution in [2.45, 2.75) is 78.8 Å². The van der Waals surface area contributed by atoms with Gasteiger partial charge in [0.05, 0.1) is 5.69 Å². The minimum Gasteiger partial charge on any atom is -0.359 e. The maximum atomic E-state index is 12.6. The van der Waals surface area contributed by atoms with Crippen LogP contribution in [-0.4, -0.2) is 47.6 Å². The Bertz CT molecular complexity index is 628. The first kappa shape index (κ1) is 22.2. The van der Waals surface area contributed by atoms with Crippen LogP contribution in [0, 0.1) is 5.92 Å². The number of hydrogen-bond donors (Lipinski definition) is 2.